The summed E-state index contributed by atoms with van der Waals surface area (Å²) >= 11 is 5.69. The topological polar surface area (TPSA) is 57.8 Å². The number of nitrogens with zero attached hydrogens (tertiary/aromatic N) is 1. The van der Waals surface area contributed by atoms with Crippen molar-refractivity contribution in [1.82, 2.24) is 10.2 Å². The summed E-state index contributed by atoms with van der Waals surface area (Å²) in [5.41, 5.74) is 3.06. The quantitative estimate of drug-likeness (QED) is 0.822. The predicted molar refractivity (Wildman–Crippen MR) is 67.3 cm³/mol. The Morgan fingerprint density at radius 1 is 1.41 bits per heavy atom. The van der Waals surface area contributed by atoms with E-state index in [2.05, 4.69) is 15.5 Å². The van der Waals surface area contributed by atoms with Crippen molar-refractivity contribution in [2.45, 2.75) is 12.8 Å². The lowest BCUT2D eigenvalue weighted by atomic mass is 10.2. The van der Waals surface area contributed by atoms with Crippen LogP contribution in [0, 0.1) is 6.92 Å². The van der Waals surface area contributed by atoms with E-state index < -0.39 is 0 Å². The van der Waals surface area contributed by atoms with Gasteiger partial charge >= 0.3 is 0 Å². The third-order valence-electron chi connectivity index (χ3n) is 2.44. The van der Waals surface area contributed by atoms with Crippen LogP contribution in [-0.2, 0) is 5.88 Å². The molecular formula is C12H12ClN3O. The van der Waals surface area contributed by atoms with Gasteiger partial charge in [-0.1, -0.05) is 12.1 Å². The number of benzene rings is 1. The molecule has 0 saturated heterocycles. The van der Waals surface area contributed by atoms with Gasteiger partial charge in [-0.2, -0.15) is 5.10 Å². The lowest BCUT2D eigenvalue weighted by molar-refractivity contribution is 0.102. The van der Waals surface area contributed by atoms with E-state index in [-0.39, 0.29) is 5.91 Å². The SMILES string of the molecule is Cc1[nH]ncc1C(=O)Nc1ccc(CCl)cc1. The number of aryl methyl sites for hydroxylation is 1. The summed E-state index contributed by atoms with van der Waals surface area (Å²) in [6.45, 7) is 1.80. The third-order valence-corrected chi connectivity index (χ3v) is 2.75. The lowest BCUT2D eigenvalue weighted by Crippen LogP contribution is -2.12. The van der Waals surface area contributed by atoms with Gasteiger partial charge in [0.2, 0.25) is 0 Å². The zero-order valence-corrected chi connectivity index (χ0v) is 10.1. The summed E-state index contributed by atoms with van der Waals surface area (Å²) in [4.78, 5) is 11.9. The molecule has 88 valence electrons. The van der Waals surface area contributed by atoms with Crippen molar-refractivity contribution in [2.75, 3.05) is 5.32 Å². The highest BCUT2D eigenvalue weighted by Crippen LogP contribution is 2.13. The molecule has 0 aliphatic rings. The maximum atomic E-state index is 11.9. The van der Waals surface area contributed by atoms with Crippen LogP contribution in [-0.4, -0.2) is 16.1 Å². The van der Waals surface area contributed by atoms with Crippen LogP contribution in [0.15, 0.2) is 30.5 Å². The van der Waals surface area contributed by atoms with Crippen molar-refractivity contribution in [3.05, 3.63) is 47.3 Å². The first-order valence-corrected chi connectivity index (χ1v) is 5.70. The molecule has 17 heavy (non-hydrogen) atoms. The first kappa shape index (κ1) is 11.7. The molecule has 0 aliphatic heterocycles. The van der Waals surface area contributed by atoms with Gasteiger partial charge in [-0.15, -0.1) is 11.6 Å². The molecule has 0 saturated carbocycles. The van der Waals surface area contributed by atoms with E-state index in [1.807, 2.05) is 24.3 Å². The first-order valence-electron chi connectivity index (χ1n) is 5.17. The number of aromatic nitrogens is 2. The van der Waals surface area contributed by atoms with Crippen molar-refractivity contribution >= 4 is 23.2 Å². The fourth-order valence-electron chi connectivity index (χ4n) is 1.46. The van der Waals surface area contributed by atoms with Gasteiger partial charge in [0.1, 0.15) is 0 Å². The van der Waals surface area contributed by atoms with Crippen molar-refractivity contribution in [3.63, 3.8) is 0 Å². The van der Waals surface area contributed by atoms with E-state index in [9.17, 15) is 4.79 Å². The highest BCUT2D eigenvalue weighted by Gasteiger charge is 2.10. The Bertz CT molecular complexity index is 519. The van der Waals surface area contributed by atoms with Crippen molar-refractivity contribution < 1.29 is 4.79 Å². The second-order valence-corrected chi connectivity index (χ2v) is 3.96. The number of hydrogen-bond donors (Lipinski definition) is 2. The number of nitrogens with one attached hydrogen (secondary N) is 2. The van der Waals surface area contributed by atoms with Crippen LogP contribution in [0.3, 0.4) is 0 Å². The number of hydrogen-bond acceptors (Lipinski definition) is 2. The maximum absolute atomic E-state index is 11.9. The average molecular weight is 250 g/mol. The van der Waals surface area contributed by atoms with E-state index in [0.717, 1.165) is 16.9 Å². The van der Waals surface area contributed by atoms with E-state index in [4.69, 9.17) is 11.6 Å². The Kier molecular flexibility index (Phi) is 3.44. The Balaban J connectivity index is 2.10. The summed E-state index contributed by atoms with van der Waals surface area (Å²) in [6, 6.07) is 7.41. The first-order chi connectivity index (χ1) is 8.20. The van der Waals surface area contributed by atoms with Crippen LogP contribution in [0.25, 0.3) is 0 Å². The maximum Gasteiger partial charge on any atom is 0.259 e. The van der Waals surface area contributed by atoms with Crippen LogP contribution in [0.1, 0.15) is 21.6 Å². The molecule has 0 unspecified atom stereocenters. The van der Waals surface area contributed by atoms with Gasteiger partial charge in [0.25, 0.3) is 5.91 Å². The number of alkyl halides is 1. The summed E-state index contributed by atoms with van der Waals surface area (Å²) in [5, 5.41) is 9.33. The van der Waals surface area contributed by atoms with Gasteiger partial charge < -0.3 is 5.32 Å². The average Bonchev–Trinajstić information content (AvgIpc) is 2.76. The van der Waals surface area contributed by atoms with Gasteiger partial charge in [0.15, 0.2) is 0 Å². The molecule has 5 heteroatoms. The molecule has 0 atom stereocenters. The minimum atomic E-state index is -0.171. The highest BCUT2D eigenvalue weighted by atomic mass is 35.5. The number of anilines is 1. The number of carbonyl (C=O) groups excluding carboxylic acids is 1. The van der Waals surface area contributed by atoms with E-state index in [0.29, 0.717) is 11.4 Å². The second kappa shape index (κ2) is 5.01. The number of amides is 1. The summed E-state index contributed by atoms with van der Waals surface area (Å²) in [6.07, 6.45) is 1.51. The molecule has 0 radical (unpaired) electrons. The number of halogens is 1. The fraction of sp³-hybridized carbons (Fsp3) is 0.167. The summed E-state index contributed by atoms with van der Waals surface area (Å²) in [7, 11) is 0. The van der Waals surface area contributed by atoms with Crippen LogP contribution < -0.4 is 5.32 Å². The smallest absolute Gasteiger partial charge is 0.259 e. The molecule has 1 amide bonds. The minimum absolute atomic E-state index is 0.171. The molecule has 0 aliphatic carbocycles. The van der Waals surface area contributed by atoms with Crippen LogP contribution >= 0.6 is 11.6 Å². The molecule has 2 aromatic rings. The van der Waals surface area contributed by atoms with Gasteiger partial charge in [-0.3, -0.25) is 9.89 Å². The van der Waals surface area contributed by atoms with Crippen LogP contribution in [0.2, 0.25) is 0 Å². The van der Waals surface area contributed by atoms with Gasteiger partial charge in [-0.25, -0.2) is 0 Å². The Morgan fingerprint density at radius 3 is 2.65 bits per heavy atom. The zero-order chi connectivity index (χ0) is 12.3. The molecule has 1 heterocycles. The second-order valence-electron chi connectivity index (χ2n) is 3.69. The summed E-state index contributed by atoms with van der Waals surface area (Å²) in [5.74, 6) is 0.296. The molecule has 0 fully saturated rings. The van der Waals surface area contributed by atoms with E-state index in [1.165, 1.54) is 6.20 Å². The van der Waals surface area contributed by atoms with Gasteiger partial charge in [-0.05, 0) is 24.6 Å². The van der Waals surface area contributed by atoms with E-state index in [1.54, 1.807) is 6.92 Å². The zero-order valence-electron chi connectivity index (χ0n) is 9.33. The summed E-state index contributed by atoms with van der Waals surface area (Å²) < 4.78 is 0. The van der Waals surface area contributed by atoms with Crippen molar-refractivity contribution in [3.8, 4) is 0 Å². The largest absolute Gasteiger partial charge is 0.322 e. The van der Waals surface area contributed by atoms with Crippen molar-refractivity contribution in [2.24, 2.45) is 0 Å². The highest BCUT2D eigenvalue weighted by molar-refractivity contribution is 6.17. The van der Waals surface area contributed by atoms with Crippen LogP contribution in [0.5, 0.6) is 0 Å². The standard InChI is InChI=1S/C12H12ClN3O/c1-8-11(7-14-16-8)12(17)15-10-4-2-9(6-13)3-5-10/h2-5,7H,6H2,1H3,(H,14,16)(H,15,17). The monoisotopic (exact) mass is 249 g/mol. The van der Waals surface area contributed by atoms with E-state index >= 15 is 0 Å². The van der Waals surface area contributed by atoms with Crippen molar-refractivity contribution in [1.29, 1.82) is 0 Å². The molecular weight excluding hydrogens is 238 g/mol. The molecule has 1 aromatic carbocycles. The Hall–Kier alpha value is -1.81. The third kappa shape index (κ3) is 2.65. The molecule has 2 N–H and O–H groups in total. The predicted octanol–water partition coefficient (Wildman–Crippen LogP) is 2.71. The number of aromatic amines is 1. The number of rotatable bonds is 3. The number of H-pyrrole nitrogens is 1. The normalized spacial score (nSPS) is 10.2. The number of carbonyl (C=O) groups is 1. The minimum Gasteiger partial charge on any atom is -0.322 e. The Morgan fingerprint density at radius 2 is 2.12 bits per heavy atom. The molecule has 4 nitrogen and oxygen atoms in total. The Labute approximate surface area is 104 Å². The molecule has 0 spiro atoms. The molecule has 2 rings (SSSR count). The lowest BCUT2D eigenvalue weighted by Gasteiger charge is -2.04. The molecule has 1 aromatic heterocycles. The van der Waals surface area contributed by atoms with Gasteiger partial charge in [0, 0.05) is 17.3 Å². The van der Waals surface area contributed by atoms with Gasteiger partial charge in [0.05, 0.1) is 11.8 Å². The molecule has 0 bridgehead atoms. The fourth-order valence-corrected chi connectivity index (χ4v) is 1.63. The van der Waals surface area contributed by atoms with Crippen LogP contribution in [0.4, 0.5) is 5.69 Å².